The van der Waals surface area contributed by atoms with Crippen LogP contribution in [0, 0.1) is 6.92 Å². The lowest BCUT2D eigenvalue weighted by molar-refractivity contribution is 0.649. The maximum Gasteiger partial charge on any atom is 0.140 e. The van der Waals surface area contributed by atoms with E-state index in [2.05, 4.69) is 79.4 Å². The molecule has 1 aliphatic heterocycles. The molecule has 1 aliphatic rings. The molecule has 148 valence electrons. The maximum absolute atomic E-state index is 4.64. The Morgan fingerprint density at radius 2 is 1.72 bits per heavy atom. The molecule has 5 rings (SSSR count). The lowest BCUT2D eigenvalue weighted by Crippen LogP contribution is -2.47. The fourth-order valence-corrected chi connectivity index (χ4v) is 3.88. The Balaban J connectivity index is 0.00000205. The largest absolute Gasteiger partial charge is 0.368 e. The molecular formula is C22H23ClN6. The minimum Gasteiger partial charge on any atom is -0.368 e. The third-order valence-corrected chi connectivity index (χ3v) is 5.39. The van der Waals surface area contributed by atoms with Crippen molar-refractivity contribution in [2.24, 2.45) is 0 Å². The van der Waals surface area contributed by atoms with E-state index in [0.717, 1.165) is 54.0 Å². The highest BCUT2D eigenvalue weighted by atomic mass is 35.5. The molecule has 0 saturated carbocycles. The van der Waals surface area contributed by atoms with Crippen molar-refractivity contribution >= 4 is 34.8 Å². The van der Waals surface area contributed by atoms with E-state index in [4.69, 9.17) is 0 Å². The van der Waals surface area contributed by atoms with Gasteiger partial charge in [-0.2, -0.15) is 5.10 Å². The molecule has 1 saturated heterocycles. The van der Waals surface area contributed by atoms with Crippen LogP contribution in [0.5, 0.6) is 0 Å². The number of aromatic amines is 1. The maximum atomic E-state index is 4.64. The summed E-state index contributed by atoms with van der Waals surface area (Å²) in [6, 6.07) is 15.0. The van der Waals surface area contributed by atoms with E-state index in [1.54, 1.807) is 6.33 Å². The first kappa shape index (κ1) is 19.2. The highest BCUT2D eigenvalue weighted by molar-refractivity contribution is 5.92. The number of benzene rings is 2. The van der Waals surface area contributed by atoms with Gasteiger partial charge in [0.1, 0.15) is 12.1 Å². The first-order valence-corrected chi connectivity index (χ1v) is 9.58. The average Bonchev–Trinajstić information content (AvgIpc) is 3.28. The predicted octanol–water partition coefficient (Wildman–Crippen LogP) is 4.08. The van der Waals surface area contributed by atoms with Gasteiger partial charge < -0.3 is 9.80 Å². The number of hydrogen-bond acceptors (Lipinski definition) is 5. The molecule has 7 heteroatoms. The van der Waals surface area contributed by atoms with Crippen molar-refractivity contribution in [3.05, 3.63) is 66.7 Å². The number of aryl methyl sites for hydroxylation is 1. The van der Waals surface area contributed by atoms with E-state index in [-0.39, 0.29) is 12.4 Å². The summed E-state index contributed by atoms with van der Waals surface area (Å²) < 4.78 is 0. The van der Waals surface area contributed by atoms with Crippen LogP contribution in [0.1, 0.15) is 5.56 Å². The van der Waals surface area contributed by atoms with E-state index >= 15 is 0 Å². The Kier molecular flexibility index (Phi) is 5.36. The van der Waals surface area contributed by atoms with Gasteiger partial charge in [-0.05, 0) is 42.3 Å². The quantitative estimate of drug-likeness (QED) is 0.555. The van der Waals surface area contributed by atoms with Gasteiger partial charge in [0.05, 0.1) is 11.7 Å². The number of fused-ring (bicyclic) bond motifs is 1. The fraction of sp³-hybridized carbons (Fsp3) is 0.227. The number of rotatable bonds is 3. The van der Waals surface area contributed by atoms with Crippen molar-refractivity contribution in [3.8, 4) is 11.1 Å². The summed E-state index contributed by atoms with van der Waals surface area (Å²) in [7, 11) is 0. The second kappa shape index (κ2) is 8.09. The number of hydrogen-bond donors (Lipinski definition) is 1. The summed E-state index contributed by atoms with van der Waals surface area (Å²) >= 11 is 0. The predicted molar refractivity (Wildman–Crippen MR) is 120 cm³/mol. The summed E-state index contributed by atoms with van der Waals surface area (Å²) in [6.45, 7) is 5.99. The van der Waals surface area contributed by atoms with Gasteiger partial charge in [0.25, 0.3) is 0 Å². The highest BCUT2D eigenvalue weighted by Crippen LogP contribution is 2.29. The number of anilines is 2. The molecule has 0 bridgehead atoms. The minimum absolute atomic E-state index is 0. The third kappa shape index (κ3) is 3.76. The van der Waals surface area contributed by atoms with Crippen molar-refractivity contribution in [1.82, 2.24) is 20.2 Å². The summed E-state index contributed by atoms with van der Waals surface area (Å²) in [5, 5.41) is 8.03. The van der Waals surface area contributed by atoms with Crippen LogP contribution >= 0.6 is 12.4 Å². The molecule has 4 aromatic rings. The van der Waals surface area contributed by atoms with E-state index in [0.29, 0.717) is 0 Å². The van der Waals surface area contributed by atoms with Crippen LogP contribution in [0.15, 0.2) is 61.2 Å². The molecule has 0 radical (unpaired) electrons. The Morgan fingerprint density at radius 1 is 0.897 bits per heavy atom. The molecule has 3 heterocycles. The first-order valence-electron chi connectivity index (χ1n) is 9.58. The highest BCUT2D eigenvalue weighted by Gasteiger charge is 2.20. The molecule has 0 spiro atoms. The van der Waals surface area contributed by atoms with Crippen molar-refractivity contribution < 1.29 is 0 Å². The zero-order valence-corrected chi connectivity index (χ0v) is 17.1. The molecule has 29 heavy (non-hydrogen) atoms. The Morgan fingerprint density at radius 3 is 2.48 bits per heavy atom. The molecule has 6 nitrogen and oxygen atoms in total. The van der Waals surface area contributed by atoms with Crippen molar-refractivity contribution in [3.63, 3.8) is 0 Å². The minimum atomic E-state index is 0. The number of nitrogens with zero attached hydrogens (tertiary/aromatic N) is 5. The number of aromatic nitrogens is 4. The van der Waals surface area contributed by atoms with Gasteiger partial charge in [-0.1, -0.05) is 18.2 Å². The van der Waals surface area contributed by atoms with E-state index in [1.165, 1.54) is 11.3 Å². The monoisotopic (exact) mass is 406 g/mol. The van der Waals surface area contributed by atoms with Crippen molar-refractivity contribution in [2.75, 3.05) is 36.0 Å². The number of H-pyrrole nitrogens is 1. The van der Waals surface area contributed by atoms with Crippen LogP contribution in [0.25, 0.3) is 22.0 Å². The van der Waals surface area contributed by atoms with Crippen LogP contribution in [-0.2, 0) is 0 Å². The van der Waals surface area contributed by atoms with Gasteiger partial charge in [0.15, 0.2) is 0 Å². The number of piperazine rings is 1. The molecule has 0 unspecified atom stereocenters. The van der Waals surface area contributed by atoms with Gasteiger partial charge >= 0.3 is 0 Å². The van der Waals surface area contributed by atoms with E-state index in [9.17, 15) is 0 Å². The normalized spacial score (nSPS) is 14.1. The van der Waals surface area contributed by atoms with Gasteiger partial charge in [-0.15, -0.1) is 12.4 Å². The van der Waals surface area contributed by atoms with E-state index in [1.807, 2.05) is 12.4 Å². The SMILES string of the molecule is Cc1cccc(N2CCN(c3ncnc4ccc(-c5cn[nH]c5)cc34)CC2)c1.Cl. The molecule has 0 atom stereocenters. The summed E-state index contributed by atoms with van der Waals surface area (Å²) in [5.41, 5.74) is 5.76. The lowest BCUT2D eigenvalue weighted by atomic mass is 10.1. The molecule has 1 fully saturated rings. The Bertz CT molecular complexity index is 1100. The van der Waals surface area contributed by atoms with Crippen LogP contribution in [0.2, 0.25) is 0 Å². The van der Waals surface area contributed by atoms with Gasteiger partial charge in [0, 0.05) is 49.0 Å². The van der Waals surface area contributed by atoms with Crippen LogP contribution < -0.4 is 9.80 Å². The zero-order chi connectivity index (χ0) is 18.9. The second-order valence-electron chi connectivity index (χ2n) is 7.23. The number of halogens is 1. The standard InChI is InChI=1S/C22H22N6.ClH/c1-16-3-2-4-19(11-16)27-7-9-28(10-8-27)22-20-12-17(18-13-25-26-14-18)5-6-21(20)23-15-24-22;/h2-6,11-15H,7-10H2,1H3,(H,25,26);1H. The smallest absolute Gasteiger partial charge is 0.140 e. The van der Waals surface area contributed by atoms with Gasteiger partial charge in [-0.25, -0.2) is 9.97 Å². The Labute approximate surface area is 176 Å². The number of nitrogens with one attached hydrogen (secondary N) is 1. The molecule has 2 aromatic carbocycles. The van der Waals surface area contributed by atoms with Gasteiger partial charge in [-0.3, -0.25) is 5.10 Å². The second-order valence-corrected chi connectivity index (χ2v) is 7.23. The van der Waals surface area contributed by atoms with Crippen LogP contribution in [0.4, 0.5) is 11.5 Å². The van der Waals surface area contributed by atoms with Gasteiger partial charge in [0.2, 0.25) is 0 Å². The molecular weight excluding hydrogens is 384 g/mol. The average molecular weight is 407 g/mol. The fourth-order valence-electron chi connectivity index (χ4n) is 3.88. The first-order chi connectivity index (χ1) is 13.8. The zero-order valence-electron chi connectivity index (χ0n) is 16.2. The molecule has 2 aromatic heterocycles. The van der Waals surface area contributed by atoms with Crippen molar-refractivity contribution in [1.29, 1.82) is 0 Å². The molecule has 0 amide bonds. The summed E-state index contributed by atoms with van der Waals surface area (Å²) in [4.78, 5) is 13.9. The third-order valence-electron chi connectivity index (χ3n) is 5.39. The Hall–Kier alpha value is -3.12. The van der Waals surface area contributed by atoms with Crippen LogP contribution in [0.3, 0.4) is 0 Å². The summed E-state index contributed by atoms with van der Waals surface area (Å²) in [5.74, 6) is 1.01. The summed E-state index contributed by atoms with van der Waals surface area (Å²) in [6.07, 6.45) is 5.42. The topological polar surface area (TPSA) is 60.9 Å². The molecule has 1 N–H and O–H groups in total. The van der Waals surface area contributed by atoms with Crippen LogP contribution in [-0.4, -0.2) is 46.3 Å². The molecule has 0 aliphatic carbocycles. The van der Waals surface area contributed by atoms with Crippen molar-refractivity contribution in [2.45, 2.75) is 6.92 Å². The van der Waals surface area contributed by atoms with E-state index < -0.39 is 0 Å². The lowest BCUT2D eigenvalue weighted by Gasteiger charge is -2.37.